The Bertz CT molecular complexity index is 1140. The lowest BCUT2D eigenvalue weighted by atomic mass is 9.93. The maximum Gasteiger partial charge on any atom is 0.214 e. The summed E-state index contributed by atoms with van der Waals surface area (Å²) in [6.45, 7) is 0. The fourth-order valence-electron chi connectivity index (χ4n) is 2.75. The van der Waals surface area contributed by atoms with Gasteiger partial charge in [-0.1, -0.05) is 72.5 Å². The molecule has 30 heavy (non-hydrogen) atoms. The molecule has 0 aromatic heterocycles. The lowest BCUT2D eigenvalue weighted by molar-refractivity contribution is -0.104. The number of aliphatic hydroxyl groups is 1. The van der Waals surface area contributed by atoms with Crippen molar-refractivity contribution in [2.24, 2.45) is 0 Å². The van der Waals surface area contributed by atoms with E-state index in [1.54, 1.807) is 43.5 Å². The first-order chi connectivity index (χ1) is 14.6. The number of ether oxygens (including phenoxy) is 1. The number of carbonyl (C=O) groups is 1. The minimum absolute atomic E-state index is 0.475. The first-order valence-corrected chi connectivity index (χ1v) is 9.34. The molecule has 0 aliphatic heterocycles. The van der Waals surface area contributed by atoms with E-state index in [0.717, 1.165) is 11.1 Å². The van der Waals surface area contributed by atoms with Crippen molar-refractivity contribution in [1.29, 1.82) is 0 Å². The summed E-state index contributed by atoms with van der Waals surface area (Å²) < 4.78 is 5.17. The second-order valence-corrected chi connectivity index (χ2v) is 6.39. The molecule has 0 saturated carbocycles. The molecule has 3 heteroatoms. The smallest absolute Gasteiger partial charge is 0.214 e. The van der Waals surface area contributed by atoms with Gasteiger partial charge in [0.25, 0.3) is 0 Å². The Morgan fingerprint density at radius 3 is 2.13 bits per heavy atom. The molecule has 1 N–H and O–H groups in total. The van der Waals surface area contributed by atoms with E-state index in [0.29, 0.717) is 23.2 Å². The molecule has 0 spiro atoms. The average Bonchev–Trinajstić information content (AvgIpc) is 2.82. The summed E-state index contributed by atoms with van der Waals surface area (Å²) >= 11 is 0. The van der Waals surface area contributed by atoms with Crippen LogP contribution in [0.15, 0.2) is 91.0 Å². The van der Waals surface area contributed by atoms with Crippen LogP contribution in [0.2, 0.25) is 0 Å². The molecule has 0 amide bonds. The molecule has 0 aliphatic carbocycles. The number of allylic oxidation sites excluding steroid dienone is 2. The number of carbonyl (C=O) groups excluding carboxylic acids is 1. The number of hydrogen-bond acceptors (Lipinski definition) is 3. The van der Waals surface area contributed by atoms with Gasteiger partial charge in [-0.2, -0.15) is 0 Å². The first kappa shape index (κ1) is 20.7. The van der Waals surface area contributed by atoms with Crippen LogP contribution in [0, 0.1) is 23.7 Å². The summed E-state index contributed by atoms with van der Waals surface area (Å²) in [5.41, 5.74) is 0.838. The van der Waals surface area contributed by atoms with Crippen LogP contribution in [-0.4, -0.2) is 18.5 Å². The van der Waals surface area contributed by atoms with E-state index in [9.17, 15) is 9.90 Å². The fraction of sp³-hybridized carbons (Fsp3) is 0.0741. The Balaban J connectivity index is 2.04. The van der Waals surface area contributed by atoms with E-state index < -0.39 is 5.60 Å². The van der Waals surface area contributed by atoms with Crippen LogP contribution in [0.3, 0.4) is 0 Å². The average molecular weight is 392 g/mol. The van der Waals surface area contributed by atoms with E-state index in [4.69, 9.17) is 4.74 Å². The van der Waals surface area contributed by atoms with Gasteiger partial charge < -0.3 is 9.84 Å². The maximum absolute atomic E-state index is 11.3. The molecule has 3 aromatic rings. The molecule has 0 fully saturated rings. The van der Waals surface area contributed by atoms with Crippen LogP contribution in [-0.2, 0) is 10.4 Å². The topological polar surface area (TPSA) is 46.5 Å². The summed E-state index contributed by atoms with van der Waals surface area (Å²) in [5.74, 6) is 12.4. The molecule has 3 aromatic carbocycles. The van der Waals surface area contributed by atoms with Crippen LogP contribution < -0.4 is 4.74 Å². The highest BCUT2D eigenvalue weighted by atomic mass is 16.5. The SMILES string of the molecule is COc1ccc(/C(C#CC(O)(C#Cc2ccccc2)c2ccccc2)=C/C=O)cc1. The Morgan fingerprint density at radius 1 is 0.900 bits per heavy atom. The first-order valence-electron chi connectivity index (χ1n) is 9.34. The van der Waals surface area contributed by atoms with Crippen molar-refractivity contribution in [2.75, 3.05) is 7.11 Å². The maximum atomic E-state index is 11.3. The molecule has 3 rings (SSSR count). The highest BCUT2D eigenvalue weighted by Gasteiger charge is 2.24. The number of rotatable bonds is 4. The summed E-state index contributed by atoms with van der Waals surface area (Å²) in [6, 6.07) is 25.6. The summed E-state index contributed by atoms with van der Waals surface area (Å²) in [6.07, 6.45) is 2.04. The van der Waals surface area contributed by atoms with Crippen molar-refractivity contribution in [3.63, 3.8) is 0 Å². The predicted octanol–water partition coefficient (Wildman–Crippen LogP) is 4.22. The lowest BCUT2D eigenvalue weighted by Gasteiger charge is -2.16. The third-order valence-electron chi connectivity index (χ3n) is 4.37. The third-order valence-corrected chi connectivity index (χ3v) is 4.37. The molecular weight excluding hydrogens is 372 g/mol. The zero-order valence-electron chi connectivity index (χ0n) is 16.5. The van der Waals surface area contributed by atoms with Gasteiger partial charge in [-0.3, -0.25) is 4.79 Å². The van der Waals surface area contributed by atoms with Crippen LogP contribution in [0.5, 0.6) is 5.75 Å². The van der Waals surface area contributed by atoms with E-state index in [1.165, 1.54) is 6.08 Å². The van der Waals surface area contributed by atoms with Crippen molar-refractivity contribution < 1.29 is 14.6 Å². The zero-order valence-corrected chi connectivity index (χ0v) is 16.5. The van der Waals surface area contributed by atoms with Gasteiger partial charge in [-0.25, -0.2) is 0 Å². The number of aldehydes is 1. The van der Waals surface area contributed by atoms with Crippen molar-refractivity contribution in [3.05, 3.63) is 108 Å². The van der Waals surface area contributed by atoms with Crippen molar-refractivity contribution in [2.45, 2.75) is 5.60 Å². The summed E-state index contributed by atoms with van der Waals surface area (Å²) in [7, 11) is 1.59. The van der Waals surface area contributed by atoms with Crippen molar-refractivity contribution in [1.82, 2.24) is 0 Å². The monoisotopic (exact) mass is 392 g/mol. The predicted molar refractivity (Wildman–Crippen MR) is 118 cm³/mol. The Morgan fingerprint density at radius 2 is 1.53 bits per heavy atom. The second-order valence-electron chi connectivity index (χ2n) is 6.39. The highest BCUT2D eigenvalue weighted by Crippen LogP contribution is 2.22. The molecule has 146 valence electrons. The molecular formula is C27H20O3. The molecule has 0 bridgehead atoms. The quantitative estimate of drug-likeness (QED) is 0.411. The Labute approximate surface area is 176 Å². The van der Waals surface area contributed by atoms with Gasteiger partial charge in [-0.05, 0) is 47.7 Å². The molecule has 0 radical (unpaired) electrons. The van der Waals surface area contributed by atoms with Gasteiger partial charge >= 0.3 is 0 Å². The normalized spacial score (nSPS) is 12.4. The van der Waals surface area contributed by atoms with E-state index >= 15 is 0 Å². The van der Waals surface area contributed by atoms with Crippen molar-refractivity contribution in [3.8, 4) is 29.4 Å². The van der Waals surface area contributed by atoms with Gasteiger partial charge in [0.1, 0.15) is 12.0 Å². The van der Waals surface area contributed by atoms with Crippen LogP contribution >= 0.6 is 0 Å². The van der Waals surface area contributed by atoms with Gasteiger partial charge in [0.2, 0.25) is 5.60 Å². The van der Waals surface area contributed by atoms with E-state index in [-0.39, 0.29) is 0 Å². The number of benzene rings is 3. The number of hydrogen-bond donors (Lipinski definition) is 1. The molecule has 0 heterocycles. The Hall–Kier alpha value is -4.05. The van der Waals surface area contributed by atoms with Crippen LogP contribution in [0.25, 0.3) is 5.57 Å². The standard InChI is InChI=1S/C27H20O3/c1-30-26-14-12-23(13-15-26)24(18-21-28)17-20-27(29,25-10-6-3-7-11-25)19-16-22-8-4-2-5-9-22/h2-15,18,21,29H,1H3/b24-18+. The molecule has 0 saturated heterocycles. The minimum Gasteiger partial charge on any atom is -0.497 e. The zero-order chi connectivity index (χ0) is 21.2. The van der Waals surface area contributed by atoms with Gasteiger partial charge in [0.15, 0.2) is 0 Å². The fourth-order valence-corrected chi connectivity index (χ4v) is 2.75. The summed E-state index contributed by atoms with van der Waals surface area (Å²) in [4.78, 5) is 11.2. The number of methoxy groups -OCH3 is 1. The van der Waals surface area contributed by atoms with Gasteiger partial charge in [0, 0.05) is 16.7 Å². The third kappa shape index (κ3) is 5.26. The molecule has 1 atom stereocenters. The lowest BCUT2D eigenvalue weighted by Crippen LogP contribution is -2.21. The molecule has 3 nitrogen and oxygen atoms in total. The molecule has 0 aliphatic rings. The molecule has 1 unspecified atom stereocenters. The second kappa shape index (κ2) is 9.94. The largest absolute Gasteiger partial charge is 0.497 e. The summed E-state index contributed by atoms with van der Waals surface area (Å²) in [5, 5.41) is 11.3. The van der Waals surface area contributed by atoms with Crippen molar-refractivity contribution >= 4 is 11.9 Å². The van der Waals surface area contributed by atoms with Gasteiger partial charge in [0.05, 0.1) is 7.11 Å². The highest BCUT2D eigenvalue weighted by molar-refractivity contribution is 5.89. The van der Waals surface area contributed by atoms with Gasteiger partial charge in [-0.15, -0.1) is 0 Å². The van der Waals surface area contributed by atoms with Crippen LogP contribution in [0.1, 0.15) is 16.7 Å². The van der Waals surface area contributed by atoms with Crippen LogP contribution in [0.4, 0.5) is 0 Å². The Kier molecular flexibility index (Phi) is 6.85. The van der Waals surface area contributed by atoms with E-state index in [1.807, 2.05) is 48.5 Å². The minimum atomic E-state index is -1.70. The van der Waals surface area contributed by atoms with E-state index in [2.05, 4.69) is 23.7 Å².